The summed E-state index contributed by atoms with van der Waals surface area (Å²) in [6, 6.07) is 11.9. The van der Waals surface area contributed by atoms with E-state index in [4.69, 9.17) is 16.3 Å². The molecule has 9 heteroatoms. The van der Waals surface area contributed by atoms with Crippen molar-refractivity contribution >= 4 is 35.0 Å². The monoisotopic (exact) mass is 434 g/mol. The maximum absolute atomic E-state index is 13.2. The van der Waals surface area contributed by atoms with E-state index in [0.717, 1.165) is 12.2 Å². The normalized spacial score (nSPS) is 10.8. The molecular weight excluding hydrogens is 415 g/mol. The molecule has 1 aromatic heterocycles. The molecule has 0 aliphatic carbocycles. The van der Waals surface area contributed by atoms with E-state index >= 15 is 0 Å². The third-order valence-electron chi connectivity index (χ3n) is 4.16. The zero-order chi connectivity index (χ0) is 20.8. The number of benzene rings is 2. The zero-order valence-electron chi connectivity index (χ0n) is 16.0. The van der Waals surface area contributed by atoms with Crippen LogP contribution in [0.25, 0.3) is 0 Å². The molecule has 0 saturated carbocycles. The molecule has 1 amide bonds. The first-order chi connectivity index (χ1) is 14.0. The van der Waals surface area contributed by atoms with Gasteiger partial charge in [0.05, 0.1) is 10.8 Å². The van der Waals surface area contributed by atoms with E-state index in [1.165, 1.54) is 35.5 Å². The Morgan fingerprint density at radius 3 is 2.69 bits per heavy atom. The predicted octanol–water partition coefficient (Wildman–Crippen LogP) is 4.48. The smallest absolute Gasteiger partial charge is 0.234 e. The number of halogens is 2. The Labute approximate surface area is 177 Å². The molecule has 0 atom stereocenters. The number of ether oxygens (including phenoxy) is 1. The number of hydrogen-bond acceptors (Lipinski definition) is 5. The molecule has 29 heavy (non-hydrogen) atoms. The number of carbonyl (C=O) groups excluding carboxylic acids is 1. The van der Waals surface area contributed by atoms with Crippen LogP contribution < -0.4 is 10.1 Å². The molecule has 3 aromatic rings. The number of amides is 1. The van der Waals surface area contributed by atoms with Gasteiger partial charge in [-0.25, -0.2) is 4.39 Å². The molecule has 2 aromatic carbocycles. The van der Waals surface area contributed by atoms with Crippen LogP contribution >= 0.6 is 23.4 Å². The van der Waals surface area contributed by atoms with Gasteiger partial charge in [0.25, 0.3) is 0 Å². The fourth-order valence-corrected chi connectivity index (χ4v) is 3.38. The minimum atomic E-state index is -0.533. The molecule has 0 spiro atoms. The van der Waals surface area contributed by atoms with Crippen molar-refractivity contribution in [1.82, 2.24) is 14.8 Å². The summed E-state index contributed by atoms with van der Waals surface area (Å²) in [5.41, 5.74) is 1.68. The van der Waals surface area contributed by atoms with Gasteiger partial charge in [-0.05, 0) is 42.3 Å². The lowest BCUT2D eigenvalue weighted by Crippen LogP contribution is -2.14. The summed E-state index contributed by atoms with van der Waals surface area (Å²) >= 11 is 6.96. The average Bonchev–Trinajstić information content (AvgIpc) is 3.07. The molecule has 1 heterocycles. The van der Waals surface area contributed by atoms with Crippen molar-refractivity contribution in [2.75, 3.05) is 11.1 Å². The lowest BCUT2D eigenvalue weighted by atomic mass is 10.2. The molecule has 0 fully saturated rings. The maximum Gasteiger partial charge on any atom is 0.234 e. The first-order valence-corrected chi connectivity index (χ1v) is 10.3. The fourth-order valence-electron chi connectivity index (χ4n) is 2.47. The standard InChI is InChI=1S/C20H20ClFN4O2S/c1-3-13-4-7-15(8-5-13)28-11-18-24-25-20(26(18)2)29-12-19(27)23-14-6-9-17(22)16(21)10-14/h4-10H,3,11-12H2,1-2H3,(H,23,27). The van der Waals surface area contributed by atoms with Crippen LogP contribution in [0.2, 0.25) is 5.02 Å². The third kappa shape index (κ3) is 5.71. The van der Waals surface area contributed by atoms with Gasteiger partial charge in [0.15, 0.2) is 11.0 Å². The Kier molecular flexibility index (Phi) is 7.11. The zero-order valence-corrected chi connectivity index (χ0v) is 17.6. The highest BCUT2D eigenvalue weighted by atomic mass is 35.5. The van der Waals surface area contributed by atoms with Gasteiger partial charge in [0.2, 0.25) is 5.91 Å². The van der Waals surface area contributed by atoms with Gasteiger partial charge in [0.1, 0.15) is 18.2 Å². The van der Waals surface area contributed by atoms with E-state index < -0.39 is 5.82 Å². The van der Waals surface area contributed by atoms with Gasteiger partial charge < -0.3 is 14.6 Å². The fraction of sp³-hybridized carbons (Fsp3) is 0.250. The van der Waals surface area contributed by atoms with Crippen LogP contribution in [-0.4, -0.2) is 26.4 Å². The Bertz CT molecular complexity index is 995. The van der Waals surface area contributed by atoms with Crippen molar-refractivity contribution in [3.8, 4) is 5.75 Å². The molecule has 3 rings (SSSR count). The first kappa shape index (κ1) is 21.1. The molecular formula is C20H20ClFN4O2S. The van der Waals surface area contributed by atoms with E-state index in [1.807, 2.05) is 31.3 Å². The minimum absolute atomic E-state index is 0.0438. The van der Waals surface area contributed by atoms with E-state index in [2.05, 4.69) is 22.4 Å². The van der Waals surface area contributed by atoms with Crippen LogP contribution in [0.5, 0.6) is 5.75 Å². The highest BCUT2D eigenvalue weighted by molar-refractivity contribution is 7.99. The molecule has 6 nitrogen and oxygen atoms in total. The number of rotatable bonds is 8. The Morgan fingerprint density at radius 1 is 1.24 bits per heavy atom. The summed E-state index contributed by atoms with van der Waals surface area (Å²) in [5, 5.41) is 11.4. The number of nitrogens with one attached hydrogen (secondary N) is 1. The second kappa shape index (κ2) is 9.76. The van der Waals surface area contributed by atoms with Gasteiger partial charge in [-0.1, -0.05) is 42.4 Å². The van der Waals surface area contributed by atoms with Crippen molar-refractivity contribution in [2.24, 2.45) is 7.05 Å². The Hall–Kier alpha value is -2.58. The number of thioether (sulfide) groups is 1. The predicted molar refractivity (Wildman–Crippen MR) is 112 cm³/mol. The molecule has 0 saturated heterocycles. The van der Waals surface area contributed by atoms with E-state index in [9.17, 15) is 9.18 Å². The second-order valence-electron chi connectivity index (χ2n) is 6.21. The number of aromatic nitrogens is 3. The topological polar surface area (TPSA) is 69.0 Å². The van der Waals surface area contributed by atoms with Crippen LogP contribution in [0.3, 0.4) is 0 Å². The maximum atomic E-state index is 13.2. The van der Waals surface area contributed by atoms with Crippen LogP contribution in [0.15, 0.2) is 47.6 Å². The number of nitrogens with zero attached hydrogens (tertiary/aromatic N) is 3. The molecule has 0 radical (unpaired) electrons. The quantitative estimate of drug-likeness (QED) is 0.529. The lowest BCUT2D eigenvalue weighted by molar-refractivity contribution is -0.113. The van der Waals surface area contributed by atoms with Crippen molar-refractivity contribution in [2.45, 2.75) is 25.1 Å². The summed E-state index contributed by atoms with van der Waals surface area (Å²) in [7, 11) is 1.82. The van der Waals surface area contributed by atoms with Crippen LogP contribution in [0.1, 0.15) is 18.3 Å². The van der Waals surface area contributed by atoms with E-state index in [0.29, 0.717) is 16.7 Å². The molecule has 0 bridgehead atoms. The van der Waals surface area contributed by atoms with Gasteiger partial charge in [-0.3, -0.25) is 4.79 Å². The molecule has 1 N–H and O–H groups in total. The van der Waals surface area contributed by atoms with Crippen molar-refractivity contribution in [3.05, 3.63) is 64.7 Å². The molecule has 152 valence electrons. The summed E-state index contributed by atoms with van der Waals surface area (Å²) < 4.78 is 20.7. The third-order valence-corrected chi connectivity index (χ3v) is 5.47. The van der Waals surface area contributed by atoms with Gasteiger partial charge in [-0.15, -0.1) is 10.2 Å². The molecule has 0 unspecified atom stereocenters. The summed E-state index contributed by atoms with van der Waals surface area (Å²) in [6.07, 6.45) is 0.978. The highest BCUT2D eigenvalue weighted by Gasteiger charge is 2.13. The summed E-state index contributed by atoms with van der Waals surface area (Å²) in [6.45, 7) is 2.37. The van der Waals surface area contributed by atoms with Crippen molar-refractivity contribution in [3.63, 3.8) is 0 Å². The number of anilines is 1. The van der Waals surface area contributed by atoms with Gasteiger partial charge in [-0.2, -0.15) is 0 Å². The largest absolute Gasteiger partial charge is 0.486 e. The lowest BCUT2D eigenvalue weighted by Gasteiger charge is -2.08. The second-order valence-corrected chi connectivity index (χ2v) is 7.56. The first-order valence-electron chi connectivity index (χ1n) is 8.94. The van der Waals surface area contributed by atoms with Crippen LogP contribution in [-0.2, 0) is 24.9 Å². The number of aryl methyl sites for hydroxylation is 1. The summed E-state index contributed by atoms with van der Waals surface area (Å²) in [4.78, 5) is 12.1. The molecule has 0 aliphatic rings. The van der Waals surface area contributed by atoms with Crippen molar-refractivity contribution in [1.29, 1.82) is 0 Å². The average molecular weight is 435 g/mol. The van der Waals surface area contributed by atoms with Crippen molar-refractivity contribution < 1.29 is 13.9 Å². The molecule has 0 aliphatic heterocycles. The van der Waals surface area contributed by atoms with Crippen LogP contribution in [0, 0.1) is 5.82 Å². The number of carbonyl (C=O) groups is 1. The van der Waals surface area contributed by atoms with Gasteiger partial charge >= 0.3 is 0 Å². The SMILES string of the molecule is CCc1ccc(OCc2nnc(SCC(=O)Nc3ccc(F)c(Cl)c3)n2C)cc1. The van der Waals surface area contributed by atoms with Crippen LogP contribution in [0.4, 0.5) is 10.1 Å². The van der Waals surface area contributed by atoms with E-state index in [-0.39, 0.29) is 23.3 Å². The number of hydrogen-bond donors (Lipinski definition) is 1. The summed E-state index contributed by atoms with van der Waals surface area (Å²) in [5.74, 6) is 0.749. The Balaban J connectivity index is 1.52. The minimum Gasteiger partial charge on any atom is -0.486 e. The van der Waals surface area contributed by atoms with E-state index in [1.54, 1.807) is 4.57 Å². The Morgan fingerprint density at radius 2 is 2.00 bits per heavy atom. The highest BCUT2D eigenvalue weighted by Crippen LogP contribution is 2.21. The van der Waals surface area contributed by atoms with Gasteiger partial charge in [0, 0.05) is 12.7 Å².